The normalized spacial score (nSPS) is 11.8. The molecule has 4 nitrogen and oxygen atoms in total. The molecule has 2 N–H and O–H groups in total. The molecule has 0 aromatic heterocycles. The van der Waals surface area contributed by atoms with Crippen LogP contribution in [0.2, 0.25) is 5.02 Å². The van der Waals surface area contributed by atoms with Crippen molar-refractivity contribution >= 4 is 27.3 Å². The molecule has 0 spiro atoms. The molecule has 0 atom stereocenters. The molecule has 0 heterocycles. The van der Waals surface area contributed by atoms with Crippen LogP contribution in [0.25, 0.3) is 0 Å². The highest BCUT2D eigenvalue weighted by molar-refractivity contribution is 7.89. The zero-order chi connectivity index (χ0) is 15.6. The smallest absolute Gasteiger partial charge is 0.243 e. The lowest BCUT2D eigenvalue weighted by Gasteiger charge is -2.18. The van der Waals surface area contributed by atoms with E-state index in [9.17, 15) is 12.8 Å². The number of hydrogen-bond donors (Lipinski definition) is 1. The van der Waals surface area contributed by atoms with E-state index >= 15 is 0 Å². The van der Waals surface area contributed by atoms with Crippen molar-refractivity contribution in [1.29, 1.82) is 0 Å². The van der Waals surface area contributed by atoms with Gasteiger partial charge in [-0.05, 0) is 48.0 Å². The number of nitrogens with two attached hydrogens (primary N) is 1. The first kappa shape index (κ1) is 15.8. The Morgan fingerprint density at radius 3 is 2.43 bits per heavy atom. The molecule has 7 heteroatoms. The summed E-state index contributed by atoms with van der Waals surface area (Å²) in [6.45, 7) is 0.0730. The van der Waals surface area contributed by atoms with Gasteiger partial charge in [0.1, 0.15) is 5.82 Å². The largest absolute Gasteiger partial charge is 0.399 e. The van der Waals surface area contributed by atoms with E-state index in [1.54, 1.807) is 18.2 Å². The molecular weight excluding hydrogens is 315 g/mol. The van der Waals surface area contributed by atoms with Crippen molar-refractivity contribution in [2.75, 3.05) is 12.8 Å². The second kappa shape index (κ2) is 6.01. The molecule has 0 aliphatic rings. The van der Waals surface area contributed by atoms with Crippen molar-refractivity contribution in [1.82, 2.24) is 4.31 Å². The molecule has 2 aromatic rings. The lowest BCUT2D eigenvalue weighted by molar-refractivity contribution is 0.466. The van der Waals surface area contributed by atoms with Crippen molar-refractivity contribution in [3.63, 3.8) is 0 Å². The number of nitrogens with zero attached hydrogens (tertiary/aromatic N) is 1. The molecule has 0 amide bonds. The Labute approximate surface area is 128 Å². The Kier molecular flexibility index (Phi) is 4.51. The number of benzene rings is 2. The maximum atomic E-state index is 12.9. The van der Waals surface area contributed by atoms with E-state index < -0.39 is 15.8 Å². The van der Waals surface area contributed by atoms with Gasteiger partial charge >= 0.3 is 0 Å². The van der Waals surface area contributed by atoms with Gasteiger partial charge in [-0.3, -0.25) is 0 Å². The summed E-state index contributed by atoms with van der Waals surface area (Å²) in [6, 6.07) is 9.54. The lowest BCUT2D eigenvalue weighted by Crippen LogP contribution is -2.26. The van der Waals surface area contributed by atoms with Crippen LogP contribution in [0.1, 0.15) is 5.56 Å². The summed E-state index contributed by atoms with van der Waals surface area (Å²) in [5.41, 5.74) is 6.78. The minimum absolute atomic E-state index is 0.0198. The molecular formula is C14H14ClFN2O2S. The van der Waals surface area contributed by atoms with Crippen LogP contribution in [0, 0.1) is 5.82 Å². The van der Waals surface area contributed by atoms with Crippen molar-refractivity contribution in [2.24, 2.45) is 0 Å². The number of rotatable bonds is 4. The van der Waals surface area contributed by atoms with E-state index in [2.05, 4.69) is 0 Å². The highest BCUT2D eigenvalue weighted by Crippen LogP contribution is 2.23. The Bertz CT molecular complexity index is 748. The minimum Gasteiger partial charge on any atom is -0.399 e. The molecule has 0 radical (unpaired) electrons. The number of halogens is 2. The molecule has 0 aliphatic heterocycles. The average Bonchev–Trinajstić information content (AvgIpc) is 2.43. The Morgan fingerprint density at radius 1 is 1.19 bits per heavy atom. The van der Waals surface area contributed by atoms with Gasteiger partial charge in [-0.1, -0.05) is 11.6 Å². The van der Waals surface area contributed by atoms with Crippen LogP contribution in [0.5, 0.6) is 0 Å². The van der Waals surface area contributed by atoms with Gasteiger partial charge in [0.25, 0.3) is 0 Å². The van der Waals surface area contributed by atoms with Crippen LogP contribution in [0.4, 0.5) is 10.1 Å². The monoisotopic (exact) mass is 328 g/mol. The van der Waals surface area contributed by atoms with E-state index in [4.69, 9.17) is 17.3 Å². The zero-order valence-corrected chi connectivity index (χ0v) is 12.8. The summed E-state index contributed by atoms with van der Waals surface area (Å²) in [6.07, 6.45) is 0. The number of anilines is 1. The quantitative estimate of drug-likeness (QED) is 0.878. The van der Waals surface area contributed by atoms with Crippen molar-refractivity contribution < 1.29 is 12.8 Å². The second-order valence-electron chi connectivity index (χ2n) is 4.57. The number of hydrogen-bond acceptors (Lipinski definition) is 3. The van der Waals surface area contributed by atoms with Crippen LogP contribution in [0.3, 0.4) is 0 Å². The molecule has 2 aromatic carbocycles. The maximum absolute atomic E-state index is 12.9. The summed E-state index contributed by atoms with van der Waals surface area (Å²) in [4.78, 5) is 0.0198. The fraction of sp³-hybridized carbons (Fsp3) is 0.143. The van der Waals surface area contributed by atoms with E-state index in [1.807, 2.05) is 0 Å². The topological polar surface area (TPSA) is 63.4 Å². The first-order valence-electron chi connectivity index (χ1n) is 6.06. The molecule has 21 heavy (non-hydrogen) atoms. The number of nitrogen functional groups attached to an aromatic ring is 1. The predicted octanol–water partition coefficient (Wildman–Crippen LogP) is 2.88. The Hall–Kier alpha value is -1.63. The fourth-order valence-electron chi connectivity index (χ4n) is 1.83. The van der Waals surface area contributed by atoms with Crippen molar-refractivity contribution in [3.8, 4) is 0 Å². The van der Waals surface area contributed by atoms with Crippen molar-refractivity contribution in [3.05, 3.63) is 58.9 Å². The molecule has 0 bridgehead atoms. The summed E-state index contributed by atoms with van der Waals surface area (Å²) in [7, 11) is -2.29. The molecule has 0 aliphatic carbocycles. The van der Waals surface area contributed by atoms with Gasteiger partial charge in [-0.15, -0.1) is 0 Å². The SMILES string of the molecule is CN(Cc1cc(N)ccc1Cl)S(=O)(=O)c1ccc(F)cc1. The van der Waals surface area contributed by atoms with Gasteiger partial charge < -0.3 is 5.73 Å². The molecule has 2 rings (SSSR count). The first-order valence-corrected chi connectivity index (χ1v) is 7.88. The van der Waals surface area contributed by atoms with Gasteiger partial charge in [0.05, 0.1) is 4.90 Å². The summed E-state index contributed by atoms with van der Waals surface area (Å²) < 4.78 is 38.8. The standard InChI is InChI=1S/C14H14ClFN2O2S/c1-18(9-10-8-12(17)4-7-14(10)15)21(19,20)13-5-2-11(16)3-6-13/h2-8H,9,17H2,1H3. The van der Waals surface area contributed by atoms with E-state index in [1.165, 1.54) is 19.2 Å². The molecule has 112 valence electrons. The highest BCUT2D eigenvalue weighted by Gasteiger charge is 2.21. The maximum Gasteiger partial charge on any atom is 0.243 e. The molecule has 0 saturated carbocycles. The van der Waals surface area contributed by atoms with E-state index in [-0.39, 0.29) is 11.4 Å². The third-order valence-electron chi connectivity index (χ3n) is 2.98. The third-order valence-corrected chi connectivity index (χ3v) is 5.17. The summed E-state index contributed by atoms with van der Waals surface area (Å²) in [5, 5.41) is 0.436. The van der Waals surface area contributed by atoms with Crippen molar-refractivity contribution in [2.45, 2.75) is 11.4 Å². The molecule has 0 saturated heterocycles. The van der Waals surface area contributed by atoms with Crippen LogP contribution in [-0.2, 0) is 16.6 Å². The average molecular weight is 329 g/mol. The van der Waals surface area contributed by atoms with Gasteiger partial charge in [0.2, 0.25) is 10.0 Å². The second-order valence-corrected chi connectivity index (χ2v) is 7.02. The van der Waals surface area contributed by atoms with Crippen LogP contribution in [0.15, 0.2) is 47.4 Å². The van der Waals surface area contributed by atoms with E-state index in [0.717, 1.165) is 16.4 Å². The first-order chi connectivity index (χ1) is 9.80. The molecule has 0 fully saturated rings. The van der Waals surface area contributed by atoms with Gasteiger partial charge in [0, 0.05) is 24.3 Å². The third kappa shape index (κ3) is 3.53. The van der Waals surface area contributed by atoms with Crippen LogP contribution in [-0.4, -0.2) is 19.8 Å². The fourth-order valence-corrected chi connectivity index (χ4v) is 3.15. The van der Waals surface area contributed by atoms with Gasteiger partial charge in [0.15, 0.2) is 0 Å². The highest BCUT2D eigenvalue weighted by atomic mass is 35.5. The Morgan fingerprint density at radius 2 is 1.81 bits per heavy atom. The van der Waals surface area contributed by atoms with E-state index in [0.29, 0.717) is 16.3 Å². The Balaban J connectivity index is 2.28. The van der Waals surface area contributed by atoms with Crippen LogP contribution >= 0.6 is 11.6 Å². The lowest BCUT2D eigenvalue weighted by atomic mass is 10.2. The molecule has 0 unspecified atom stereocenters. The minimum atomic E-state index is -3.72. The predicted molar refractivity (Wildman–Crippen MR) is 80.9 cm³/mol. The summed E-state index contributed by atoms with van der Waals surface area (Å²) >= 11 is 6.03. The number of sulfonamides is 1. The summed E-state index contributed by atoms with van der Waals surface area (Å²) in [5.74, 6) is -0.490. The van der Waals surface area contributed by atoms with Gasteiger partial charge in [-0.25, -0.2) is 12.8 Å². The van der Waals surface area contributed by atoms with Gasteiger partial charge in [-0.2, -0.15) is 4.31 Å². The zero-order valence-electron chi connectivity index (χ0n) is 11.3. The van der Waals surface area contributed by atoms with Crippen LogP contribution < -0.4 is 5.73 Å².